The molecule has 1 amide bonds. The summed E-state index contributed by atoms with van der Waals surface area (Å²) in [5, 5.41) is 0. The first-order valence-corrected chi connectivity index (χ1v) is 7.51. The molecule has 2 aliphatic rings. The lowest BCUT2D eigenvalue weighted by Crippen LogP contribution is -2.48. The van der Waals surface area contributed by atoms with E-state index in [0.717, 1.165) is 17.7 Å². The van der Waals surface area contributed by atoms with Crippen molar-refractivity contribution in [2.24, 2.45) is 0 Å². The minimum Gasteiger partial charge on any atom is -0.372 e. The smallest absolute Gasteiger partial charge is 0.264 e. The minimum absolute atomic E-state index is 0.143. The zero-order valence-corrected chi connectivity index (χ0v) is 11.8. The number of hydrogen-bond acceptors (Lipinski definition) is 3. The summed E-state index contributed by atoms with van der Waals surface area (Å²) in [6, 6.07) is 2.11. The zero-order valence-electron chi connectivity index (χ0n) is 10.9. The van der Waals surface area contributed by atoms with Gasteiger partial charge in [0.05, 0.1) is 17.1 Å². The van der Waals surface area contributed by atoms with Crippen molar-refractivity contribution in [3.8, 4) is 0 Å². The monoisotopic (exact) mass is 265 g/mol. The number of morpholine rings is 1. The predicted molar refractivity (Wildman–Crippen MR) is 72.3 cm³/mol. The zero-order chi connectivity index (χ0) is 12.7. The fourth-order valence-corrected chi connectivity index (χ4v) is 4.16. The van der Waals surface area contributed by atoms with Crippen LogP contribution < -0.4 is 0 Å². The second kappa shape index (κ2) is 4.67. The second-order valence-corrected chi connectivity index (χ2v) is 6.52. The molecule has 0 N–H and O–H groups in total. The lowest BCUT2D eigenvalue weighted by molar-refractivity contribution is -0.0585. The molecule has 3 rings (SSSR count). The van der Waals surface area contributed by atoms with E-state index in [2.05, 4.69) is 6.07 Å². The van der Waals surface area contributed by atoms with Crippen molar-refractivity contribution < 1.29 is 9.53 Å². The molecule has 98 valence electrons. The molecule has 0 aromatic carbocycles. The van der Waals surface area contributed by atoms with E-state index in [9.17, 15) is 4.79 Å². The van der Waals surface area contributed by atoms with Crippen LogP contribution in [0.3, 0.4) is 0 Å². The predicted octanol–water partition coefficient (Wildman–Crippen LogP) is 2.49. The standard InChI is InChI=1S/C14H19NO2S/c1-9-7-15(8-10(2)17-9)14(16)13-6-11-4-3-5-12(11)18-13/h6,9-10H,3-5,7-8H2,1-2H3/t9-,10-/m1/s1. The average Bonchev–Trinajstić information content (AvgIpc) is 2.86. The van der Waals surface area contributed by atoms with Crippen LogP contribution in [0.4, 0.5) is 0 Å². The average molecular weight is 265 g/mol. The normalized spacial score (nSPS) is 27.3. The number of thiophene rings is 1. The molecule has 0 unspecified atom stereocenters. The molecule has 4 heteroatoms. The Bertz CT molecular complexity index is 437. The molecule has 1 fully saturated rings. The van der Waals surface area contributed by atoms with Crippen LogP contribution in [-0.4, -0.2) is 36.1 Å². The molecule has 0 spiro atoms. The molecule has 1 aromatic heterocycles. The van der Waals surface area contributed by atoms with Crippen LogP contribution in [0.1, 0.15) is 40.4 Å². The molecule has 18 heavy (non-hydrogen) atoms. The van der Waals surface area contributed by atoms with Gasteiger partial charge in [-0.25, -0.2) is 0 Å². The van der Waals surface area contributed by atoms with E-state index in [1.165, 1.54) is 16.9 Å². The van der Waals surface area contributed by atoms with Crippen LogP contribution in [0, 0.1) is 0 Å². The van der Waals surface area contributed by atoms with Crippen molar-refractivity contribution in [2.75, 3.05) is 13.1 Å². The highest BCUT2D eigenvalue weighted by Crippen LogP contribution is 2.31. The van der Waals surface area contributed by atoms with Crippen LogP contribution in [0.5, 0.6) is 0 Å². The Kier molecular flexibility index (Phi) is 3.16. The highest BCUT2D eigenvalue weighted by atomic mass is 32.1. The molecule has 0 radical (unpaired) electrons. The number of ether oxygens (including phenoxy) is 1. The molecule has 0 saturated carbocycles. The Labute approximate surface area is 112 Å². The van der Waals surface area contributed by atoms with Gasteiger partial charge in [0.25, 0.3) is 5.91 Å². The maximum atomic E-state index is 12.5. The topological polar surface area (TPSA) is 29.5 Å². The van der Waals surface area contributed by atoms with Gasteiger partial charge in [-0.1, -0.05) is 0 Å². The fourth-order valence-electron chi connectivity index (χ4n) is 2.93. The van der Waals surface area contributed by atoms with Gasteiger partial charge in [-0.3, -0.25) is 4.79 Å². The van der Waals surface area contributed by atoms with Crippen molar-refractivity contribution in [2.45, 2.75) is 45.3 Å². The molecule has 1 aliphatic carbocycles. The number of carbonyl (C=O) groups excluding carboxylic acids is 1. The Morgan fingerprint density at radius 2 is 2.06 bits per heavy atom. The fraction of sp³-hybridized carbons (Fsp3) is 0.643. The van der Waals surface area contributed by atoms with Crippen molar-refractivity contribution in [1.82, 2.24) is 4.90 Å². The molecule has 1 aliphatic heterocycles. The van der Waals surface area contributed by atoms with Crippen LogP contribution in [0.15, 0.2) is 6.07 Å². The number of hydrogen-bond donors (Lipinski definition) is 0. The SMILES string of the molecule is C[C@@H]1CN(C(=O)c2cc3c(s2)CCC3)C[C@@H](C)O1. The molecule has 1 saturated heterocycles. The Morgan fingerprint density at radius 1 is 1.33 bits per heavy atom. The lowest BCUT2D eigenvalue weighted by Gasteiger charge is -2.35. The lowest BCUT2D eigenvalue weighted by atomic mass is 10.2. The van der Waals surface area contributed by atoms with E-state index in [1.54, 1.807) is 11.3 Å². The quantitative estimate of drug-likeness (QED) is 0.781. The van der Waals surface area contributed by atoms with Crippen LogP contribution >= 0.6 is 11.3 Å². The number of nitrogens with zero attached hydrogens (tertiary/aromatic N) is 1. The minimum atomic E-state index is 0.143. The van der Waals surface area contributed by atoms with E-state index >= 15 is 0 Å². The Hall–Kier alpha value is -0.870. The van der Waals surface area contributed by atoms with Crippen molar-refractivity contribution >= 4 is 17.2 Å². The molecular weight excluding hydrogens is 246 g/mol. The summed E-state index contributed by atoms with van der Waals surface area (Å²) >= 11 is 1.69. The molecule has 2 heterocycles. The molecule has 2 atom stereocenters. The van der Waals surface area contributed by atoms with E-state index in [0.29, 0.717) is 13.1 Å². The third-order valence-corrected chi connectivity index (χ3v) is 4.89. The summed E-state index contributed by atoms with van der Waals surface area (Å²) in [5.74, 6) is 0.191. The van der Waals surface area contributed by atoms with Gasteiger partial charge in [-0.15, -0.1) is 11.3 Å². The first-order chi connectivity index (χ1) is 8.63. The summed E-state index contributed by atoms with van der Waals surface area (Å²) in [7, 11) is 0. The Balaban J connectivity index is 1.77. The van der Waals surface area contributed by atoms with Gasteiger partial charge < -0.3 is 9.64 Å². The second-order valence-electron chi connectivity index (χ2n) is 5.38. The summed E-state index contributed by atoms with van der Waals surface area (Å²) in [6.07, 6.45) is 3.84. The first kappa shape index (κ1) is 12.2. The summed E-state index contributed by atoms with van der Waals surface area (Å²) in [4.78, 5) is 16.8. The number of amides is 1. The van der Waals surface area contributed by atoms with E-state index in [4.69, 9.17) is 4.74 Å². The number of carbonyl (C=O) groups is 1. The molecule has 1 aromatic rings. The third-order valence-electron chi connectivity index (χ3n) is 3.66. The van der Waals surface area contributed by atoms with Crippen molar-refractivity contribution in [1.29, 1.82) is 0 Å². The van der Waals surface area contributed by atoms with Crippen LogP contribution in [0.2, 0.25) is 0 Å². The van der Waals surface area contributed by atoms with Gasteiger partial charge >= 0.3 is 0 Å². The number of fused-ring (bicyclic) bond motifs is 1. The highest BCUT2D eigenvalue weighted by Gasteiger charge is 2.28. The number of aryl methyl sites for hydroxylation is 2. The maximum Gasteiger partial charge on any atom is 0.264 e. The van der Waals surface area contributed by atoms with Gasteiger partial charge in [0.1, 0.15) is 0 Å². The van der Waals surface area contributed by atoms with E-state index < -0.39 is 0 Å². The van der Waals surface area contributed by atoms with E-state index in [-0.39, 0.29) is 18.1 Å². The molecule has 0 bridgehead atoms. The molecular formula is C14H19NO2S. The van der Waals surface area contributed by atoms with Crippen molar-refractivity contribution in [3.63, 3.8) is 0 Å². The van der Waals surface area contributed by atoms with Gasteiger partial charge in [0.15, 0.2) is 0 Å². The number of rotatable bonds is 1. The van der Waals surface area contributed by atoms with Gasteiger partial charge in [0, 0.05) is 18.0 Å². The highest BCUT2D eigenvalue weighted by molar-refractivity contribution is 7.14. The summed E-state index contributed by atoms with van der Waals surface area (Å²) in [5.41, 5.74) is 1.40. The summed E-state index contributed by atoms with van der Waals surface area (Å²) < 4.78 is 5.67. The summed E-state index contributed by atoms with van der Waals surface area (Å²) in [6.45, 7) is 5.49. The van der Waals surface area contributed by atoms with Gasteiger partial charge in [0.2, 0.25) is 0 Å². The van der Waals surface area contributed by atoms with Gasteiger partial charge in [-0.2, -0.15) is 0 Å². The van der Waals surface area contributed by atoms with Crippen LogP contribution in [0.25, 0.3) is 0 Å². The van der Waals surface area contributed by atoms with Gasteiger partial charge in [-0.05, 0) is 44.7 Å². The maximum absolute atomic E-state index is 12.5. The third kappa shape index (κ3) is 2.19. The molecule has 3 nitrogen and oxygen atoms in total. The first-order valence-electron chi connectivity index (χ1n) is 6.70. The van der Waals surface area contributed by atoms with Crippen LogP contribution in [-0.2, 0) is 17.6 Å². The van der Waals surface area contributed by atoms with E-state index in [1.807, 2.05) is 18.7 Å². The van der Waals surface area contributed by atoms with Crippen molar-refractivity contribution in [3.05, 3.63) is 21.4 Å². The Morgan fingerprint density at radius 3 is 2.72 bits per heavy atom. The largest absolute Gasteiger partial charge is 0.372 e.